The number of nitrogens with one attached hydrogen (secondary N) is 1. The summed E-state index contributed by atoms with van der Waals surface area (Å²) in [5, 5.41) is 22.8. The third-order valence-corrected chi connectivity index (χ3v) is 8.25. The number of ether oxygens (including phenoxy) is 2. The molecule has 0 heterocycles. The molecule has 0 aromatic heterocycles. The minimum Gasteiger partial charge on any atom is -0.508 e. The van der Waals surface area contributed by atoms with Crippen LogP contribution < -0.4 is 14.8 Å². The highest BCUT2D eigenvalue weighted by Crippen LogP contribution is 2.48. The monoisotopic (exact) mass is 521 g/mol. The quantitative estimate of drug-likeness (QED) is 0.144. The number of aliphatic hydroxyl groups is 1. The Bertz CT molecular complexity index is 864. The molecule has 2 aromatic carbocycles. The highest BCUT2D eigenvalue weighted by molar-refractivity contribution is 7.58. The first-order chi connectivity index (χ1) is 17.4. The number of aliphatic hydroxyl groups excluding tert-OH is 1. The van der Waals surface area contributed by atoms with Gasteiger partial charge < -0.3 is 29.5 Å². The van der Waals surface area contributed by atoms with Crippen LogP contribution in [-0.4, -0.2) is 55.1 Å². The molecule has 2 rings (SSSR count). The Kier molecular flexibility index (Phi) is 14.6. The molecule has 7 nitrogen and oxygen atoms in total. The van der Waals surface area contributed by atoms with Gasteiger partial charge in [0, 0.05) is 12.7 Å². The lowest BCUT2D eigenvalue weighted by atomic mass is 9.97. The second-order valence-corrected chi connectivity index (χ2v) is 11.8. The number of phenols is 1. The highest BCUT2D eigenvalue weighted by atomic mass is 31.2. The smallest absolute Gasteiger partial charge is 0.239 e. The van der Waals surface area contributed by atoms with Crippen molar-refractivity contribution in [3.63, 3.8) is 0 Å². The van der Waals surface area contributed by atoms with Crippen LogP contribution in [0.4, 0.5) is 0 Å². The first kappa shape index (κ1) is 30.2. The maximum absolute atomic E-state index is 13.4. The molecule has 3 N–H and O–H groups in total. The minimum atomic E-state index is -2.86. The average Bonchev–Trinajstić information content (AvgIpc) is 2.89. The lowest BCUT2D eigenvalue weighted by Gasteiger charge is -2.21. The van der Waals surface area contributed by atoms with Crippen LogP contribution in [0.15, 0.2) is 54.6 Å². The maximum atomic E-state index is 13.4. The van der Waals surface area contributed by atoms with E-state index in [9.17, 15) is 14.8 Å². The first-order valence-electron chi connectivity index (χ1n) is 13.1. The van der Waals surface area contributed by atoms with Crippen LogP contribution in [0, 0.1) is 5.92 Å². The number of hydrogen-bond donors (Lipinski definition) is 3. The van der Waals surface area contributed by atoms with Crippen LogP contribution in [0.2, 0.25) is 0 Å². The second-order valence-electron chi connectivity index (χ2n) is 9.18. The molecule has 0 bridgehead atoms. The molecule has 0 aliphatic rings. The summed E-state index contributed by atoms with van der Waals surface area (Å²) in [4.78, 5) is 0. The lowest BCUT2D eigenvalue weighted by molar-refractivity contribution is 0.106. The van der Waals surface area contributed by atoms with Crippen molar-refractivity contribution >= 4 is 7.37 Å². The Hall–Kier alpha value is -2.05. The van der Waals surface area contributed by atoms with Crippen molar-refractivity contribution in [3.8, 4) is 17.2 Å². The first-order valence-corrected chi connectivity index (χ1v) is 15.1. The number of unbranched alkanes of at least 4 members (excludes halogenated alkanes) is 1. The van der Waals surface area contributed by atoms with Gasteiger partial charge >= 0.3 is 0 Å². The zero-order chi connectivity index (χ0) is 26.1. The fourth-order valence-electron chi connectivity index (χ4n) is 3.77. The molecular formula is C28H44NO6P. The largest absolute Gasteiger partial charge is 0.508 e. The van der Waals surface area contributed by atoms with Crippen LogP contribution in [0.3, 0.4) is 0 Å². The predicted octanol–water partition coefficient (Wildman–Crippen LogP) is 6.05. The number of para-hydroxylation sites is 1. The van der Waals surface area contributed by atoms with Crippen LogP contribution in [-0.2, 0) is 9.09 Å². The van der Waals surface area contributed by atoms with E-state index in [-0.39, 0.29) is 18.7 Å². The fraction of sp³-hybridized carbons (Fsp3) is 0.571. The topological polar surface area (TPSA) is 97.3 Å². The van der Waals surface area contributed by atoms with Gasteiger partial charge in [0.15, 0.2) is 6.35 Å². The molecule has 0 aliphatic heterocycles. The summed E-state index contributed by atoms with van der Waals surface area (Å²) < 4.78 is 30.6. The number of aromatic hydroxyl groups is 1. The van der Waals surface area contributed by atoms with Gasteiger partial charge in [-0.3, -0.25) is 4.57 Å². The van der Waals surface area contributed by atoms with Gasteiger partial charge in [-0.2, -0.15) is 0 Å². The Morgan fingerprint density at radius 3 is 2.36 bits per heavy atom. The molecule has 0 aliphatic carbocycles. The van der Waals surface area contributed by atoms with E-state index in [2.05, 4.69) is 19.2 Å². The summed E-state index contributed by atoms with van der Waals surface area (Å²) in [5.74, 6) is 2.03. The van der Waals surface area contributed by atoms with Crippen molar-refractivity contribution in [1.82, 2.24) is 5.32 Å². The van der Waals surface area contributed by atoms with Crippen LogP contribution in [0.5, 0.6) is 17.2 Å². The third-order valence-electron chi connectivity index (χ3n) is 6.07. The van der Waals surface area contributed by atoms with E-state index in [1.807, 2.05) is 30.3 Å². The molecule has 0 saturated heterocycles. The van der Waals surface area contributed by atoms with E-state index in [1.54, 1.807) is 24.3 Å². The molecule has 0 spiro atoms. The van der Waals surface area contributed by atoms with Gasteiger partial charge in [-0.05, 0) is 74.5 Å². The number of benzene rings is 2. The van der Waals surface area contributed by atoms with E-state index < -0.39 is 13.5 Å². The summed E-state index contributed by atoms with van der Waals surface area (Å²) in [5.41, 5.74) is 0. The normalized spacial score (nSPS) is 14.6. The summed E-state index contributed by atoms with van der Waals surface area (Å²) in [6.45, 7) is 6.22. The Balaban J connectivity index is 1.67. The molecule has 0 saturated carbocycles. The van der Waals surface area contributed by atoms with Crippen molar-refractivity contribution in [1.29, 1.82) is 0 Å². The lowest BCUT2D eigenvalue weighted by Crippen LogP contribution is -2.32. The molecule has 2 unspecified atom stereocenters. The zero-order valence-electron chi connectivity index (χ0n) is 21.8. The zero-order valence-corrected chi connectivity index (χ0v) is 22.7. The van der Waals surface area contributed by atoms with E-state index in [0.717, 1.165) is 45.1 Å². The van der Waals surface area contributed by atoms with Gasteiger partial charge in [0.2, 0.25) is 7.37 Å². The van der Waals surface area contributed by atoms with Gasteiger partial charge in [-0.1, -0.05) is 44.9 Å². The number of phenolic OH excluding ortho intramolecular Hbond substituents is 1. The minimum absolute atomic E-state index is 0.114. The van der Waals surface area contributed by atoms with Gasteiger partial charge in [0.05, 0.1) is 6.61 Å². The Labute approximate surface area is 216 Å². The van der Waals surface area contributed by atoms with Gasteiger partial charge in [0.25, 0.3) is 0 Å². The van der Waals surface area contributed by atoms with Crippen molar-refractivity contribution < 1.29 is 28.8 Å². The number of hydrogen-bond acceptors (Lipinski definition) is 7. The van der Waals surface area contributed by atoms with Gasteiger partial charge in [-0.25, -0.2) is 0 Å². The fourth-order valence-corrected chi connectivity index (χ4v) is 5.58. The Morgan fingerprint density at radius 2 is 1.67 bits per heavy atom. The summed E-state index contributed by atoms with van der Waals surface area (Å²) >= 11 is 0. The molecule has 0 fully saturated rings. The molecule has 36 heavy (non-hydrogen) atoms. The Morgan fingerprint density at radius 1 is 0.944 bits per heavy atom. The molecule has 3 atom stereocenters. The van der Waals surface area contributed by atoms with Crippen LogP contribution in [0.1, 0.15) is 52.4 Å². The highest BCUT2D eigenvalue weighted by Gasteiger charge is 2.24. The van der Waals surface area contributed by atoms with Crippen molar-refractivity contribution in [2.45, 2.75) is 58.5 Å². The molecule has 202 valence electrons. The SMILES string of the molecule is CCCCO[P@@](=O)(CCCC(CC)CCNCC(O)COc1ccc(O)cc1)COc1ccccc1. The maximum Gasteiger partial charge on any atom is 0.239 e. The molecule has 2 aromatic rings. The van der Waals surface area contributed by atoms with Gasteiger partial charge in [-0.15, -0.1) is 0 Å². The molecular weight excluding hydrogens is 477 g/mol. The second kappa shape index (κ2) is 17.4. The summed E-state index contributed by atoms with van der Waals surface area (Å²) in [7, 11) is -2.86. The van der Waals surface area contributed by atoms with Crippen LogP contribution in [0.25, 0.3) is 0 Å². The van der Waals surface area contributed by atoms with E-state index in [1.165, 1.54) is 0 Å². The standard InChI is InChI=1S/C28H44NO6P/c1-3-5-19-35-36(32,23-34-27-11-7-6-8-12-27)20-9-10-24(4-2)17-18-29-21-26(31)22-33-28-15-13-25(30)14-16-28/h6-8,11-16,24,26,29-31H,3-5,9-10,17-23H2,1-2H3/t24?,26?,36-/m0/s1. The van der Waals surface area contributed by atoms with E-state index in [0.29, 0.717) is 36.7 Å². The average molecular weight is 522 g/mol. The number of rotatable bonds is 20. The van der Waals surface area contributed by atoms with Crippen molar-refractivity contribution in [2.75, 3.05) is 38.8 Å². The van der Waals surface area contributed by atoms with Crippen molar-refractivity contribution in [3.05, 3.63) is 54.6 Å². The molecule has 0 radical (unpaired) electrons. The van der Waals surface area contributed by atoms with E-state index >= 15 is 0 Å². The van der Waals surface area contributed by atoms with Crippen molar-refractivity contribution in [2.24, 2.45) is 5.92 Å². The molecule has 8 heteroatoms. The predicted molar refractivity (Wildman–Crippen MR) is 145 cm³/mol. The summed E-state index contributed by atoms with van der Waals surface area (Å²) in [6, 6.07) is 15.9. The van der Waals surface area contributed by atoms with Crippen LogP contribution >= 0.6 is 7.37 Å². The van der Waals surface area contributed by atoms with E-state index in [4.69, 9.17) is 14.0 Å². The molecule has 0 amide bonds. The third kappa shape index (κ3) is 12.8. The van der Waals surface area contributed by atoms with Gasteiger partial charge in [0.1, 0.15) is 30.0 Å². The summed E-state index contributed by atoms with van der Waals surface area (Å²) in [6.07, 6.45) is 5.78.